The predicted molar refractivity (Wildman–Crippen MR) is 67.4 cm³/mol. The number of allylic oxidation sites excluding steroid dienone is 2. The highest BCUT2D eigenvalue weighted by Crippen LogP contribution is 2.25. The van der Waals surface area contributed by atoms with E-state index in [0.717, 1.165) is 0 Å². The monoisotopic (exact) mass is 245 g/mol. The van der Waals surface area contributed by atoms with E-state index in [-0.39, 0.29) is 29.1 Å². The van der Waals surface area contributed by atoms with Crippen molar-refractivity contribution >= 4 is 11.6 Å². The van der Waals surface area contributed by atoms with Crippen molar-refractivity contribution in [1.29, 1.82) is 0 Å². The Labute approximate surface area is 106 Å². The van der Waals surface area contributed by atoms with Crippen molar-refractivity contribution in [2.75, 3.05) is 7.11 Å². The lowest BCUT2D eigenvalue weighted by molar-refractivity contribution is 0.0898. The normalized spacial score (nSPS) is 14.9. The number of hydrogen-bond acceptors (Lipinski definition) is 4. The summed E-state index contributed by atoms with van der Waals surface area (Å²) >= 11 is 0. The highest BCUT2D eigenvalue weighted by Gasteiger charge is 2.33. The second-order valence-electron chi connectivity index (χ2n) is 4.41. The fraction of sp³-hybridized carbons (Fsp3) is 0.286. The molecular formula is C14H15NO3. The summed E-state index contributed by atoms with van der Waals surface area (Å²) in [6.07, 6.45) is 0. The first-order valence-electron chi connectivity index (χ1n) is 5.79. The second kappa shape index (κ2) is 4.64. The Morgan fingerprint density at radius 2 is 1.61 bits per heavy atom. The van der Waals surface area contributed by atoms with E-state index < -0.39 is 0 Å². The topological polar surface area (TPSA) is 55.4 Å². The summed E-state index contributed by atoms with van der Waals surface area (Å²) in [4.78, 5) is 24.5. The highest BCUT2D eigenvalue weighted by atomic mass is 16.5. The zero-order valence-corrected chi connectivity index (χ0v) is 10.6. The van der Waals surface area contributed by atoms with Gasteiger partial charge in [-0.25, -0.2) is 0 Å². The number of ketones is 2. The van der Waals surface area contributed by atoms with Gasteiger partial charge in [0, 0.05) is 17.2 Å². The van der Waals surface area contributed by atoms with E-state index in [1.165, 1.54) is 7.11 Å². The number of benzene rings is 1. The Balaban J connectivity index is 2.57. The molecule has 0 radical (unpaired) electrons. The molecule has 0 bridgehead atoms. The first-order chi connectivity index (χ1) is 8.56. The highest BCUT2D eigenvalue weighted by molar-refractivity contribution is 6.25. The van der Waals surface area contributed by atoms with Gasteiger partial charge in [-0.3, -0.25) is 9.59 Å². The van der Waals surface area contributed by atoms with Crippen LogP contribution in [0.4, 0.5) is 0 Å². The number of carbonyl (C=O) groups is 2. The molecule has 0 saturated heterocycles. The van der Waals surface area contributed by atoms with Crippen molar-refractivity contribution in [3.63, 3.8) is 0 Å². The molecule has 94 valence electrons. The van der Waals surface area contributed by atoms with Crippen LogP contribution in [0.1, 0.15) is 34.6 Å². The summed E-state index contributed by atoms with van der Waals surface area (Å²) in [6, 6.07) is 6.82. The zero-order valence-electron chi connectivity index (χ0n) is 10.6. The summed E-state index contributed by atoms with van der Waals surface area (Å²) in [5, 5.41) is 2.99. The number of rotatable bonds is 3. The predicted octanol–water partition coefficient (Wildman–Crippen LogP) is 1.92. The molecule has 0 spiro atoms. The van der Waals surface area contributed by atoms with Gasteiger partial charge in [-0.1, -0.05) is 24.3 Å². The van der Waals surface area contributed by atoms with Gasteiger partial charge in [0.15, 0.2) is 5.76 Å². The molecule has 0 atom stereocenters. The lowest BCUT2D eigenvalue weighted by Crippen LogP contribution is -2.34. The third kappa shape index (κ3) is 1.90. The molecule has 1 N–H and O–H groups in total. The molecule has 1 aromatic carbocycles. The van der Waals surface area contributed by atoms with Gasteiger partial charge in [0.1, 0.15) is 5.70 Å². The van der Waals surface area contributed by atoms with Gasteiger partial charge in [-0.15, -0.1) is 0 Å². The quantitative estimate of drug-likeness (QED) is 0.884. The maximum atomic E-state index is 12.3. The Morgan fingerprint density at radius 3 is 2.11 bits per heavy atom. The summed E-state index contributed by atoms with van der Waals surface area (Å²) in [5.41, 5.74) is 1.07. The van der Waals surface area contributed by atoms with Crippen LogP contribution >= 0.6 is 0 Å². The van der Waals surface area contributed by atoms with Crippen LogP contribution in [0.5, 0.6) is 0 Å². The van der Waals surface area contributed by atoms with Crippen LogP contribution in [0.15, 0.2) is 35.7 Å². The van der Waals surface area contributed by atoms with Crippen LogP contribution in [0.2, 0.25) is 0 Å². The van der Waals surface area contributed by atoms with Gasteiger partial charge >= 0.3 is 0 Å². The van der Waals surface area contributed by atoms with Crippen LogP contribution in [0.25, 0.3) is 0 Å². The summed E-state index contributed by atoms with van der Waals surface area (Å²) in [6.45, 7) is 3.80. The number of carbonyl (C=O) groups excluding carboxylic acids is 2. The molecule has 1 aliphatic rings. The molecule has 0 unspecified atom stereocenters. The molecular weight excluding hydrogens is 230 g/mol. The van der Waals surface area contributed by atoms with E-state index in [2.05, 4.69) is 5.32 Å². The number of methoxy groups -OCH3 is 1. The van der Waals surface area contributed by atoms with E-state index in [1.807, 2.05) is 13.8 Å². The van der Waals surface area contributed by atoms with Gasteiger partial charge < -0.3 is 10.1 Å². The van der Waals surface area contributed by atoms with Crippen molar-refractivity contribution in [2.45, 2.75) is 19.9 Å². The van der Waals surface area contributed by atoms with Gasteiger partial charge in [0.2, 0.25) is 11.6 Å². The molecule has 1 aromatic rings. The number of fused-ring (bicyclic) bond motifs is 1. The number of Topliss-reactive ketones (excluding diaryl/α,β-unsaturated/α-hetero) is 2. The largest absolute Gasteiger partial charge is 0.491 e. The molecule has 0 heterocycles. The van der Waals surface area contributed by atoms with Crippen LogP contribution < -0.4 is 5.32 Å². The first kappa shape index (κ1) is 12.4. The third-order valence-corrected chi connectivity index (χ3v) is 2.71. The molecule has 1 aliphatic carbocycles. The van der Waals surface area contributed by atoms with E-state index >= 15 is 0 Å². The number of ether oxygens (including phenoxy) is 1. The Bertz CT molecular complexity index is 544. The molecule has 18 heavy (non-hydrogen) atoms. The molecule has 4 nitrogen and oxygen atoms in total. The van der Waals surface area contributed by atoms with Crippen LogP contribution in [-0.2, 0) is 4.74 Å². The molecule has 0 amide bonds. The molecule has 0 aliphatic heterocycles. The molecule has 0 aromatic heterocycles. The Hall–Kier alpha value is -2.10. The van der Waals surface area contributed by atoms with Crippen molar-refractivity contribution in [3.8, 4) is 0 Å². The van der Waals surface area contributed by atoms with E-state index in [4.69, 9.17) is 4.74 Å². The van der Waals surface area contributed by atoms with E-state index in [0.29, 0.717) is 11.1 Å². The SMILES string of the molecule is COC1=C(NC(C)C)C(=O)c2ccccc2C1=O. The van der Waals surface area contributed by atoms with E-state index in [9.17, 15) is 9.59 Å². The summed E-state index contributed by atoms with van der Waals surface area (Å²) < 4.78 is 5.09. The van der Waals surface area contributed by atoms with Crippen molar-refractivity contribution in [1.82, 2.24) is 5.32 Å². The minimum absolute atomic E-state index is 0.0483. The van der Waals surface area contributed by atoms with Crippen LogP contribution in [-0.4, -0.2) is 24.7 Å². The van der Waals surface area contributed by atoms with Crippen LogP contribution in [0.3, 0.4) is 0 Å². The number of hydrogen-bond donors (Lipinski definition) is 1. The van der Waals surface area contributed by atoms with E-state index in [1.54, 1.807) is 24.3 Å². The lowest BCUT2D eigenvalue weighted by atomic mass is 9.91. The summed E-state index contributed by atoms with van der Waals surface area (Å²) in [5.74, 6) is -0.362. The molecule has 0 fully saturated rings. The minimum atomic E-state index is -0.254. The van der Waals surface area contributed by atoms with Gasteiger partial charge in [-0.2, -0.15) is 0 Å². The summed E-state index contributed by atoms with van der Waals surface area (Å²) in [7, 11) is 1.40. The first-order valence-corrected chi connectivity index (χ1v) is 5.79. The Kier molecular flexibility index (Phi) is 3.19. The third-order valence-electron chi connectivity index (χ3n) is 2.71. The maximum absolute atomic E-state index is 12.3. The molecule has 2 rings (SSSR count). The van der Waals surface area contributed by atoms with Crippen molar-refractivity contribution in [3.05, 3.63) is 46.8 Å². The van der Waals surface area contributed by atoms with Gasteiger partial charge in [-0.05, 0) is 13.8 Å². The Morgan fingerprint density at radius 1 is 1.06 bits per heavy atom. The maximum Gasteiger partial charge on any atom is 0.230 e. The van der Waals surface area contributed by atoms with Gasteiger partial charge in [0.25, 0.3) is 0 Å². The lowest BCUT2D eigenvalue weighted by Gasteiger charge is -2.22. The van der Waals surface area contributed by atoms with Crippen molar-refractivity contribution in [2.24, 2.45) is 0 Å². The second-order valence-corrected chi connectivity index (χ2v) is 4.41. The van der Waals surface area contributed by atoms with Crippen LogP contribution in [0, 0.1) is 0 Å². The van der Waals surface area contributed by atoms with Gasteiger partial charge in [0.05, 0.1) is 7.11 Å². The average molecular weight is 245 g/mol. The minimum Gasteiger partial charge on any atom is -0.491 e. The number of nitrogens with one attached hydrogen (secondary N) is 1. The standard InChI is InChI=1S/C14H15NO3/c1-8(2)15-11-12(16)9-6-4-5-7-10(9)13(17)14(11)18-3/h4-8,15H,1-3H3. The smallest absolute Gasteiger partial charge is 0.230 e. The molecule has 0 saturated carbocycles. The van der Waals surface area contributed by atoms with Crippen molar-refractivity contribution < 1.29 is 14.3 Å². The fourth-order valence-electron chi connectivity index (χ4n) is 1.97. The average Bonchev–Trinajstić information content (AvgIpc) is 2.36. The molecule has 4 heteroatoms. The fourth-order valence-corrected chi connectivity index (χ4v) is 1.97. The zero-order chi connectivity index (χ0) is 13.3.